The van der Waals surface area contributed by atoms with Crippen molar-refractivity contribution in [2.45, 2.75) is 31.1 Å². The molecule has 2 aromatic carbocycles. The lowest BCUT2D eigenvalue weighted by atomic mass is 9.73. The minimum atomic E-state index is -1.72. The highest BCUT2D eigenvalue weighted by Gasteiger charge is 2.34. The minimum Gasteiger partial charge on any atom is -0.493 e. The van der Waals surface area contributed by atoms with E-state index in [1.54, 1.807) is 45.3 Å². The maximum absolute atomic E-state index is 12.9. The van der Waals surface area contributed by atoms with Crippen molar-refractivity contribution in [3.8, 4) is 5.75 Å². The van der Waals surface area contributed by atoms with Crippen LogP contribution in [0.1, 0.15) is 46.7 Å². The monoisotopic (exact) mass is 410 g/mol. The molecule has 0 aromatic heterocycles. The second-order valence-corrected chi connectivity index (χ2v) is 7.82. The van der Waals surface area contributed by atoms with Gasteiger partial charge in [0.15, 0.2) is 0 Å². The van der Waals surface area contributed by atoms with Gasteiger partial charge in [0.05, 0.1) is 18.5 Å². The number of carbonyl (C=O) groups is 2. The van der Waals surface area contributed by atoms with Crippen LogP contribution in [0.3, 0.4) is 0 Å². The molecule has 3 rings (SSSR count). The predicted octanol–water partition coefficient (Wildman–Crippen LogP) is 1.55. The fraction of sp³-hybridized carbons (Fsp3) is 0.364. The summed E-state index contributed by atoms with van der Waals surface area (Å²) in [4.78, 5) is 26.9. The maximum Gasteiger partial charge on any atom is 0.475 e. The zero-order valence-electron chi connectivity index (χ0n) is 17.4. The molecular formula is C22H27BN2O5. The lowest BCUT2D eigenvalue weighted by molar-refractivity contribution is -0.122. The largest absolute Gasteiger partial charge is 0.493 e. The van der Waals surface area contributed by atoms with Crippen molar-refractivity contribution in [2.75, 3.05) is 20.7 Å². The van der Waals surface area contributed by atoms with E-state index >= 15 is 0 Å². The first-order valence-electron chi connectivity index (χ1n) is 9.98. The summed E-state index contributed by atoms with van der Waals surface area (Å²) in [5.74, 6) is -1.34. The van der Waals surface area contributed by atoms with Crippen molar-refractivity contribution < 1.29 is 24.4 Å². The van der Waals surface area contributed by atoms with Gasteiger partial charge in [0.1, 0.15) is 5.75 Å². The fourth-order valence-electron chi connectivity index (χ4n) is 3.75. The number of amides is 2. The third kappa shape index (κ3) is 4.66. The molecule has 0 radical (unpaired) electrons. The standard InChI is InChI=1S/C22H27BN2O5/c1-14(16-8-4-5-10-18(16)22(27)25(2)3)21(26)24-20(23(28)29)12-15-13-30-19-11-7-6-9-17(15)19/h4-11,14-15,20,28-29H,12-13H2,1-3H3,(H,24,26)/t14?,15-,20?/m0/s1. The number of hydrogen-bond acceptors (Lipinski definition) is 5. The molecule has 7 nitrogen and oxygen atoms in total. The molecule has 0 saturated carbocycles. The van der Waals surface area contributed by atoms with E-state index < -0.39 is 19.0 Å². The Bertz CT molecular complexity index is 918. The van der Waals surface area contributed by atoms with Crippen LogP contribution in [0.25, 0.3) is 0 Å². The Kier molecular flexibility index (Phi) is 6.79. The Hall–Kier alpha value is -2.84. The molecule has 0 fully saturated rings. The number of hydrogen-bond donors (Lipinski definition) is 3. The molecule has 3 atom stereocenters. The third-order valence-corrected chi connectivity index (χ3v) is 5.48. The lowest BCUT2D eigenvalue weighted by Crippen LogP contribution is -2.48. The van der Waals surface area contributed by atoms with Gasteiger partial charge in [0, 0.05) is 31.1 Å². The quantitative estimate of drug-likeness (QED) is 0.602. The molecule has 0 aliphatic carbocycles. The van der Waals surface area contributed by atoms with Crippen LogP contribution >= 0.6 is 0 Å². The second-order valence-electron chi connectivity index (χ2n) is 7.82. The van der Waals surface area contributed by atoms with Crippen molar-refractivity contribution in [1.29, 1.82) is 0 Å². The topological polar surface area (TPSA) is 99.1 Å². The van der Waals surface area contributed by atoms with E-state index in [1.165, 1.54) is 4.90 Å². The van der Waals surface area contributed by atoms with Crippen LogP contribution in [0.2, 0.25) is 0 Å². The van der Waals surface area contributed by atoms with Gasteiger partial charge in [-0.3, -0.25) is 9.59 Å². The SMILES string of the molecule is CC(C(=O)NC(C[C@H]1COc2ccccc21)B(O)O)c1ccccc1C(=O)N(C)C. The van der Waals surface area contributed by atoms with E-state index in [9.17, 15) is 19.6 Å². The Labute approximate surface area is 176 Å². The van der Waals surface area contributed by atoms with Crippen LogP contribution < -0.4 is 10.1 Å². The molecule has 0 bridgehead atoms. The van der Waals surface area contributed by atoms with Crippen molar-refractivity contribution in [3.05, 3.63) is 65.2 Å². The average Bonchev–Trinajstić information content (AvgIpc) is 3.14. The van der Waals surface area contributed by atoms with Crippen molar-refractivity contribution >= 4 is 18.9 Å². The van der Waals surface area contributed by atoms with Crippen molar-refractivity contribution in [1.82, 2.24) is 10.2 Å². The lowest BCUT2D eigenvalue weighted by Gasteiger charge is -2.24. The zero-order chi connectivity index (χ0) is 21.8. The van der Waals surface area contributed by atoms with Crippen LogP contribution in [-0.2, 0) is 4.79 Å². The van der Waals surface area contributed by atoms with Crippen LogP contribution in [0.15, 0.2) is 48.5 Å². The summed E-state index contributed by atoms with van der Waals surface area (Å²) in [7, 11) is 1.60. The smallest absolute Gasteiger partial charge is 0.475 e. The molecule has 2 unspecified atom stereocenters. The summed E-state index contributed by atoms with van der Waals surface area (Å²) in [5, 5.41) is 22.5. The van der Waals surface area contributed by atoms with Crippen LogP contribution in [-0.4, -0.2) is 60.5 Å². The number of rotatable bonds is 7. The minimum absolute atomic E-state index is 0.0498. The van der Waals surface area contributed by atoms with E-state index in [2.05, 4.69) is 5.32 Å². The Morgan fingerprint density at radius 3 is 2.53 bits per heavy atom. The number of nitrogens with zero attached hydrogens (tertiary/aromatic N) is 1. The summed E-state index contributed by atoms with van der Waals surface area (Å²) in [5.41, 5.74) is 2.03. The van der Waals surface area contributed by atoms with E-state index in [0.717, 1.165) is 11.3 Å². The summed E-state index contributed by atoms with van der Waals surface area (Å²) in [6, 6.07) is 14.6. The summed E-state index contributed by atoms with van der Waals surface area (Å²) in [6.07, 6.45) is 0.325. The number of fused-ring (bicyclic) bond motifs is 1. The van der Waals surface area contributed by atoms with Gasteiger partial charge in [0.25, 0.3) is 5.91 Å². The summed E-state index contributed by atoms with van der Waals surface area (Å²) in [6.45, 7) is 2.13. The van der Waals surface area contributed by atoms with Gasteiger partial charge in [-0.2, -0.15) is 0 Å². The van der Waals surface area contributed by atoms with E-state index in [1.807, 2.05) is 24.3 Å². The number of ether oxygens (including phenoxy) is 1. The molecule has 3 N–H and O–H groups in total. The first-order valence-corrected chi connectivity index (χ1v) is 9.98. The molecule has 1 aliphatic rings. The molecule has 1 aliphatic heterocycles. The van der Waals surface area contributed by atoms with E-state index in [0.29, 0.717) is 24.2 Å². The highest BCUT2D eigenvalue weighted by atomic mass is 16.5. The molecule has 2 aromatic rings. The van der Waals surface area contributed by atoms with Gasteiger partial charge in [0.2, 0.25) is 5.91 Å². The van der Waals surface area contributed by atoms with Gasteiger partial charge < -0.3 is 25.0 Å². The average molecular weight is 410 g/mol. The van der Waals surface area contributed by atoms with Crippen LogP contribution in [0.5, 0.6) is 5.75 Å². The molecular weight excluding hydrogens is 383 g/mol. The molecule has 30 heavy (non-hydrogen) atoms. The second kappa shape index (κ2) is 9.32. The predicted molar refractivity (Wildman–Crippen MR) is 114 cm³/mol. The van der Waals surface area contributed by atoms with Gasteiger partial charge in [-0.25, -0.2) is 0 Å². The number of benzene rings is 2. The Morgan fingerprint density at radius 2 is 1.83 bits per heavy atom. The number of carbonyl (C=O) groups excluding carboxylic acids is 2. The normalized spacial score (nSPS) is 16.8. The molecule has 1 heterocycles. The van der Waals surface area contributed by atoms with Crippen molar-refractivity contribution in [2.24, 2.45) is 0 Å². The summed E-state index contributed by atoms with van der Waals surface area (Å²) < 4.78 is 5.66. The van der Waals surface area contributed by atoms with Crippen LogP contribution in [0.4, 0.5) is 0 Å². The molecule has 0 spiro atoms. The first-order chi connectivity index (χ1) is 14.3. The first kappa shape index (κ1) is 21.9. The van der Waals surface area contributed by atoms with E-state index in [4.69, 9.17) is 4.74 Å². The number of nitrogens with one attached hydrogen (secondary N) is 1. The van der Waals surface area contributed by atoms with E-state index in [-0.39, 0.29) is 17.7 Å². The summed E-state index contributed by atoms with van der Waals surface area (Å²) >= 11 is 0. The Balaban J connectivity index is 1.74. The van der Waals surface area contributed by atoms with Gasteiger partial charge in [-0.1, -0.05) is 36.4 Å². The molecule has 2 amide bonds. The van der Waals surface area contributed by atoms with Crippen LogP contribution in [0, 0.1) is 0 Å². The maximum atomic E-state index is 12.9. The molecule has 0 saturated heterocycles. The van der Waals surface area contributed by atoms with Gasteiger partial charge in [-0.05, 0) is 31.0 Å². The Morgan fingerprint density at radius 1 is 1.17 bits per heavy atom. The fourth-order valence-corrected chi connectivity index (χ4v) is 3.75. The third-order valence-electron chi connectivity index (χ3n) is 5.48. The van der Waals surface area contributed by atoms with Gasteiger partial charge in [-0.15, -0.1) is 0 Å². The van der Waals surface area contributed by atoms with Crippen molar-refractivity contribution in [3.63, 3.8) is 0 Å². The highest BCUT2D eigenvalue weighted by Crippen LogP contribution is 2.36. The molecule has 8 heteroatoms. The highest BCUT2D eigenvalue weighted by molar-refractivity contribution is 6.43. The van der Waals surface area contributed by atoms with Gasteiger partial charge >= 0.3 is 7.12 Å². The zero-order valence-corrected chi connectivity index (χ0v) is 17.4. The molecule has 158 valence electrons. The number of para-hydroxylation sites is 1.